The minimum absolute atomic E-state index is 0.101. The smallest absolute Gasteiger partial charge is 0.247 e. The molecule has 1 fully saturated rings. The summed E-state index contributed by atoms with van der Waals surface area (Å²) in [5.41, 5.74) is 3.75. The van der Waals surface area contributed by atoms with Crippen molar-refractivity contribution in [2.45, 2.75) is 45.2 Å². The van der Waals surface area contributed by atoms with Crippen LogP contribution >= 0.6 is 22.7 Å². The minimum atomic E-state index is -0.516. The number of aryl methyl sites for hydroxylation is 1. The molecule has 2 amide bonds. The Morgan fingerprint density at radius 3 is 2.89 bits per heavy atom. The van der Waals surface area contributed by atoms with Crippen molar-refractivity contribution in [2.24, 2.45) is 0 Å². The number of carbonyl (C=O) groups excluding carboxylic acids is 2. The summed E-state index contributed by atoms with van der Waals surface area (Å²) in [4.78, 5) is 34.3. The van der Waals surface area contributed by atoms with Crippen molar-refractivity contribution in [1.82, 2.24) is 15.2 Å². The second-order valence-electron chi connectivity index (χ2n) is 8.56. The standard InChI is InChI=1S/C27H31N3O4S2/c1-19-25(36-18-29-19)12-14-34-23-10-8-20(16-24(23)33-2)17-30(22-7-3-4-13-28-27(22)32)26(31)11-9-21-6-5-15-35-21/h5-6,8-11,15-16,18,22H,3-4,7,12-14,17H2,1-2H3,(H,28,32)/b11-9+/t22-/m0/s1. The van der Waals surface area contributed by atoms with Gasteiger partial charge in [0.2, 0.25) is 11.8 Å². The second kappa shape index (κ2) is 12.7. The number of benzene rings is 1. The van der Waals surface area contributed by atoms with Crippen LogP contribution in [0.4, 0.5) is 0 Å². The summed E-state index contributed by atoms with van der Waals surface area (Å²) in [6.07, 6.45) is 6.57. The fraction of sp³-hybridized carbons (Fsp3) is 0.370. The first-order chi connectivity index (χ1) is 17.5. The molecule has 7 nitrogen and oxygen atoms in total. The average Bonchev–Trinajstić information content (AvgIpc) is 3.50. The summed E-state index contributed by atoms with van der Waals surface area (Å²) < 4.78 is 11.6. The molecule has 1 N–H and O–H groups in total. The van der Waals surface area contributed by atoms with Crippen LogP contribution < -0.4 is 14.8 Å². The zero-order chi connectivity index (χ0) is 25.3. The minimum Gasteiger partial charge on any atom is -0.493 e. The fourth-order valence-electron chi connectivity index (χ4n) is 4.14. The number of aromatic nitrogens is 1. The number of methoxy groups -OCH3 is 1. The first-order valence-corrected chi connectivity index (χ1v) is 13.8. The Bertz CT molecular complexity index is 1190. The zero-order valence-corrected chi connectivity index (χ0v) is 22.2. The van der Waals surface area contributed by atoms with E-state index in [1.807, 2.05) is 48.1 Å². The van der Waals surface area contributed by atoms with E-state index in [2.05, 4.69) is 10.3 Å². The monoisotopic (exact) mass is 525 g/mol. The van der Waals surface area contributed by atoms with Gasteiger partial charge in [0, 0.05) is 35.3 Å². The van der Waals surface area contributed by atoms with Crippen LogP contribution in [-0.2, 0) is 22.6 Å². The first kappa shape index (κ1) is 25.9. The Hall–Kier alpha value is -3.17. The van der Waals surface area contributed by atoms with Crippen LogP contribution in [-0.4, -0.2) is 48.0 Å². The Kier molecular flexibility index (Phi) is 9.13. The van der Waals surface area contributed by atoms with Gasteiger partial charge >= 0.3 is 0 Å². The maximum atomic E-state index is 13.3. The van der Waals surface area contributed by atoms with E-state index in [9.17, 15) is 9.59 Å². The second-order valence-corrected chi connectivity index (χ2v) is 10.5. The molecule has 36 heavy (non-hydrogen) atoms. The molecule has 9 heteroatoms. The number of thiophene rings is 1. The van der Waals surface area contributed by atoms with E-state index >= 15 is 0 Å². The molecule has 2 aromatic heterocycles. The van der Waals surface area contributed by atoms with E-state index in [1.165, 1.54) is 4.88 Å². The quantitative estimate of drug-likeness (QED) is 0.383. The highest BCUT2D eigenvalue weighted by Gasteiger charge is 2.30. The van der Waals surface area contributed by atoms with Crippen LogP contribution in [0.1, 0.15) is 40.3 Å². The lowest BCUT2D eigenvalue weighted by Gasteiger charge is -2.29. The normalized spacial score (nSPS) is 15.9. The highest BCUT2D eigenvalue weighted by atomic mass is 32.1. The molecule has 1 atom stereocenters. The summed E-state index contributed by atoms with van der Waals surface area (Å²) in [5, 5.41) is 4.92. The zero-order valence-electron chi connectivity index (χ0n) is 20.6. The predicted octanol–water partition coefficient (Wildman–Crippen LogP) is 4.85. The number of ether oxygens (including phenoxy) is 2. The van der Waals surface area contributed by atoms with Gasteiger partial charge < -0.3 is 19.7 Å². The van der Waals surface area contributed by atoms with E-state index in [4.69, 9.17) is 9.47 Å². The number of rotatable bonds is 10. The van der Waals surface area contributed by atoms with E-state index in [1.54, 1.807) is 46.8 Å². The van der Waals surface area contributed by atoms with Gasteiger partial charge in [-0.15, -0.1) is 22.7 Å². The van der Waals surface area contributed by atoms with E-state index in [0.29, 0.717) is 37.6 Å². The Morgan fingerprint density at radius 1 is 1.25 bits per heavy atom. The molecule has 0 aliphatic carbocycles. The molecule has 1 aliphatic heterocycles. The molecule has 190 valence electrons. The van der Waals surface area contributed by atoms with Gasteiger partial charge in [0.05, 0.1) is 24.9 Å². The van der Waals surface area contributed by atoms with Crippen LogP contribution in [0.5, 0.6) is 11.5 Å². The lowest BCUT2D eigenvalue weighted by Crippen LogP contribution is -2.47. The summed E-state index contributed by atoms with van der Waals surface area (Å²) in [6.45, 7) is 3.45. The van der Waals surface area contributed by atoms with Crippen molar-refractivity contribution in [3.8, 4) is 11.5 Å². The largest absolute Gasteiger partial charge is 0.493 e. The lowest BCUT2D eigenvalue weighted by atomic mass is 10.1. The van der Waals surface area contributed by atoms with Crippen LogP contribution in [0, 0.1) is 6.92 Å². The molecule has 0 spiro atoms. The molecular weight excluding hydrogens is 494 g/mol. The molecule has 0 unspecified atom stereocenters. The molecule has 0 bridgehead atoms. The third-order valence-electron chi connectivity index (χ3n) is 6.11. The van der Waals surface area contributed by atoms with Gasteiger partial charge in [0.25, 0.3) is 0 Å². The van der Waals surface area contributed by atoms with Crippen LogP contribution in [0.25, 0.3) is 6.08 Å². The van der Waals surface area contributed by atoms with Crippen molar-refractivity contribution in [3.63, 3.8) is 0 Å². The number of carbonyl (C=O) groups is 2. The van der Waals surface area contributed by atoms with Crippen molar-refractivity contribution < 1.29 is 19.1 Å². The fourth-order valence-corrected chi connectivity index (χ4v) is 5.52. The Morgan fingerprint density at radius 2 is 2.14 bits per heavy atom. The Balaban J connectivity index is 1.50. The SMILES string of the molecule is COc1cc(CN(C(=O)/C=C/c2cccs2)[C@H]2CCCCNC2=O)ccc1OCCc1scnc1C. The topological polar surface area (TPSA) is 80.8 Å². The van der Waals surface area contributed by atoms with E-state index in [0.717, 1.165) is 35.4 Å². The maximum Gasteiger partial charge on any atom is 0.247 e. The summed E-state index contributed by atoms with van der Waals surface area (Å²) in [5.74, 6) is 0.951. The van der Waals surface area contributed by atoms with Gasteiger partial charge in [-0.05, 0) is 61.4 Å². The van der Waals surface area contributed by atoms with Gasteiger partial charge in [0.15, 0.2) is 11.5 Å². The summed E-state index contributed by atoms with van der Waals surface area (Å²) in [7, 11) is 1.60. The summed E-state index contributed by atoms with van der Waals surface area (Å²) >= 11 is 3.19. The molecule has 1 aromatic carbocycles. The number of nitrogens with zero attached hydrogens (tertiary/aromatic N) is 2. The average molecular weight is 526 g/mol. The number of nitrogens with one attached hydrogen (secondary N) is 1. The molecule has 0 radical (unpaired) electrons. The molecule has 3 heterocycles. The molecule has 1 saturated heterocycles. The van der Waals surface area contributed by atoms with Crippen molar-refractivity contribution in [3.05, 3.63) is 68.3 Å². The van der Waals surface area contributed by atoms with Crippen LogP contribution in [0.2, 0.25) is 0 Å². The first-order valence-electron chi connectivity index (χ1n) is 12.0. The number of hydrogen-bond donors (Lipinski definition) is 1. The van der Waals surface area contributed by atoms with E-state index in [-0.39, 0.29) is 11.8 Å². The van der Waals surface area contributed by atoms with Crippen LogP contribution in [0.15, 0.2) is 47.3 Å². The highest BCUT2D eigenvalue weighted by molar-refractivity contribution is 7.10. The third kappa shape index (κ3) is 6.73. The maximum absolute atomic E-state index is 13.3. The highest BCUT2D eigenvalue weighted by Crippen LogP contribution is 2.30. The van der Waals surface area contributed by atoms with Crippen molar-refractivity contribution >= 4 is 40.6 Å². The molecular formula is C27H31N3O4S2. The molecule has 0 saturated carbocycles. The lowest BCUT2D eigenvalue weighted by molar-refractivity contribution is -0.137. The van der Waals surface area contributed by atoms with Gasteiger partial charge in [-0.2, -0.15) is 0 Å². The van der Waals surface area contributed by atoms with E-state index < -0.39 is 6.04 Å². The number of thiazole rings is 1. The molecule has 1 aliphatic rings. The van der Waals surface area contributed by atoms with Crippen LogP contribution in [0.3, 0.4) is 0 Å². The van der Waals surface area contributed by atoms with Gasteiger partial charge in [0.1, 0.15) is 6.04 Å². The predicted molar refractivity (Wildman–Crippen MR) is 144 cm³/mol. The Labute approximate surface area is 219 Å². The van der Waals surface area contributed by atoms with Crippen molar-refractivity contribution in [1.29, 1.82) is 0 Å². The van der Waals surface area contributed by atoms with Gasteiger partial charge in [-0.1, -0.05) is 12.1 Å². The van der Waals surface area contributed by atoms with Crippen molar-refractivity contribution in [2.75, 3.05) is 20.3 Å². The van der Waals surface area contributed by atoms with Gasteiger partial charge in [-0.3, -0.25) is 9.59 Å². The number of hydrogen-bond acceptors (Lipinski definition) is 7. The number of amides is 2. The molecule has 4 rings (SSSR count). The summed E-state index contributed by atoms with van der Waals surface area (Å²) in [6, 6.07) is 9.05. The van der Waals surface area contributed by atoms with Gasteiger partial charge in [-0.25, -0.2) is 4.98 Å². The molecule has 3 aromatic rings. The third-order valence-corrected chi connectivity index (χ3v) is 7.94.